The van der Waals surface area contributed by atoms with Gasteiger partial charge in [-0.05, 0) is 48.9 Å². The van der Waals surface area contributed by atoms with E-state index in [9.17, 15) is 4.79 Å². The molecular weight excluding hydrogens is 344 g/mol. The predicted octanol–water partition coefficient (Wildman–Crippen LogP) is 3.84. The predicted molar refractivity (Wildman–Crippen MR) is 104 cm³/mol. The largest absolute Gasteiger partial charge is 0.352 e. The monoisotopic (exact) mass is 362 g/mol. The molecule has 0 unspecified atom stereocenters. The number of nitrogens with zero attached hydrogens (tertiary/aromatic N) is 3. The lowest BCUT2D eigenvalue weighted by Crippen LogP contribution is -2.24. The topological polar surface area (TPSA) is 59.8 Å². The van der Waals surface area contributed by atoms with Crippen LogP contribution in [-0.4, -0.2) is 27.2 Å². The highest BCUT2D eigenvalue weighted by Gasteiger charge is 2.07. The molecule has 0 bridgehead atoms. The minimum Gasteiger partial charge on any atom is -0.352 e. The maximum Gasteiger partial charge on any atom is 0.251 e. The van der Waals surface area contributed by atoms with E-state index in [0.29, 0.717) is 12.1 Å². The number of carbonyl (C=O) groups is 1. The van der Waals surface area contributed by atoms with E-state index < -0.39 is 0 Å². The van der Waals surface area contributed by atoms with Crippen LogP contribution in [0.3, 0.4) is 0 Å². The molecule has 1 N–H and O–H groups in total. The summed E-state index contributed by atoms with van der Waals surface area (Å²) >= 11 is 1.72. The Labute approximate surface area is 155 Å². The van der Waals surface area contributed by atoms with Crippen molar-refractivity contribution in [3.63, 3.8) is 0 Å². The van der Waals surface area contributed by atoms with Crippen LogP contribution >= 0.6 is 11.3 Å². The van der Waals surface area contributed by atoms with E-state index >= 15 is 0 Å². The third kappa shape index (κ3) is 3.65. The van der Waals surface area contributed by atoms with Crippen molar-refractivity contribution in [2.24, 2.45) is 0 Å². The van der Waals surface area contributed by atoms with Crippen LogP contribution in [0.5, 0.6) is 0 Å². The summed E-state index contributed by atoms with van der Waals surface area (Å²) < 4.78 is 2.98. The number of benzene rings is 2. The molecule has 0 aliphatic carbocycles. The lowest BCUT2D eigenvalue weighted by molar-refractivity contribution is 0.0953. The molecule has 2 heterocycles. The van der Waals surface area contributed by atoms with Crippen LogP contribution in [0, 0.1) is 0 Å². The van der Waals surface area contributed by atoms with E-state index in [1.807, 2.05) is 54.7 Å². The quantitative estimate of drug-likeness (QED) is 0.530. The maximum absolute atomic E-state index is 12.2. The van der Waals surface area contributed by atoms with E-state index in [-0.39, 0.29) is 5.91 Å². The van der Waals surface area contributed by atoms with Crippen molar-refractivity contribution < 1.29 is 4.79 Å². The van der Waals surface area contributed by atoms with Gasteiger partial charge in [0.1, 0.15) is 0 Å². The Morgan fingerprint density at radius 1 is 1.08 bits per heavy atom. The Morgan fingerprint density at radius 3 is 2.69 bits per heavy atom. The van der Waals surface area contributed by atoms with E-state index in [1.54, 1.807) is 22.2 Å². The minimum atomic E-state index is -0.0543. The highest BCUT2D eigenvalue weighted by atomic mass is 32.1. The molecule has 0 aliphatic rings. The van der Waals surface area contributed by atoms with Gasteiger partial charge >= 0.3 is 0 Å². The van der Waals surface area contributed by atoms with Crippen LogP contribution in [0.1, 0.15) is 21.8 Å². The highest BCUT2D eigenvalue weighted by molar-refractivity contribution is 7.18. The minimum absolute atomic E-state index is 0.0543. The number of nitrogens with one attached hydrogen (secondary N) is 1. The van der Waals surface area contributed by atoms with E-state index in [1.165, 1.54) is 4.70 Å². The molecule has 0 atom stereocenters. The van der Waals surface area contributed by atoms with Gasteiger partial charge in [0.15, 0.2) is 0 Å². The third-order valence-corrected chi connectivity index (χ3v) is 5.19. The van der Waals surface area contributed by atoms with Gasteiger partial charge < -0.3 is 5.32 Å². The van der Waals surface area contributed by atoms with Crippen LogP contribution in [-0.2, 0) is 6.42 Å². The fourth-order valence-corrected chi connectivity index (χ4v) is 3.77. The zero-order chi connectivity index (χ0) is 17.8. The van der Waals surface area contributed by atoms with Crippen molar-refractivity contribution >= 4 is 27.5 Å². The van der Waals surface area contributed by atoms with Gasteiger partial charge in [0.2, 0.25) is 0 Å². The van der Waals surface area contributed by atoms with Crippen LogP contribution < -0.4 is 5.32 Å². The van der Waals surface area contributed by atoms with Crippen molar-refractivity contribution in [3.8, 4) is 5.69 Å². The van der Waals surface area contributed by atoms with Crippen LogP contribution in [0.15, 0.2) is 67.0 Å². The summed E-state index contributed by atoms with van der Waals surface area (Å²) in [4.78, 5) is 16.9. The zero-order valence-electron chi connectivity index (χ0n) is 14.1. The molecule has 0 aliphatic heterocycles. The number of aryl methyl sites for hydroxylation is 1. The molecule has 4 aromatic rings. The van der Waals surface area contributed by atoms with E-state index in [0.717, 1.165) is 29.1 Å². The van der Waals surface area contributed by atoms with Crippen molar-refractivity contribution in [1.29, 1.82) is 0 Å². The highest BCUT2D eigenvalue weighted by Crippen LogP contribution is 2.22. The Balaban J connectivity index is 1.28. The van der Waals surface area contributed by atoms with E-state index in [2.05, 4.69) is 21.5 Å². The average molecular weight is 362 g/mol. The molecule has 26 heavy (non-hydrogen) atoms. The smallest absolute Gasteiger partial charge is 0.251 e. The first-order valence-corrected chi connectivity index (χ1v) is 9.34. The summed E-state index contributed by atoms with van der Waals surface area (Å²) in [7, 11) is 0. The van der Waals surface area contributed by atoms with Crippen molar-refractivity contribution in [2.75, 3.05) is 6.54 Å². The second-order valence-electron chi connectivity index (χ2n) is 5.93. The molecule has 0 spiro atoms. The number of aromatic nitrogens is 3. The zero-order valence-corrected chi connectivity index (χ0v) is 14.9. The Bertz CT molecular complexity index is 973. The number of hydrogen-bond acceptors (Lipinski definition) is 4. The number of carbonyl (C=O) groups excluding carboxylic acids is 1. The molecule has 0 radical (unpaired) electrons. The van der Waals surface area contributed by atoms with Crippen LogP contribution in [0.2, 0.25) is 0 Å². The molecule has 6 heteroatoms. The van der Waals surface area contributed by atoms with Crippen molar-refractivity contribution in [1.82, 2.24) is 20.1 Å². The first-order chi connectivity index (χ1) is 12.8. The van der Waals surface area contributed by atoms with Crippen LogP contribution in [0.25, 0.3) is 15.9 Å². The average Bonchev–Trinajstić information content (AvgIpc) is 3.34. The molecule has 2 aromatic carbocycles. The van der Waals surface area contributed by atoms with Gasteiger partial charge in [-0.2, -0.15) is 5.10 Å². The van der Waals surface area contributed by atoms with Crippen LogP contribution in [0.4, 0.5) is 0 Å². The number of fused-ring (bicyclic) bond motifs is 1. The molecule has 2 aromatic heterocycles. The van der Waals surface area contributed by atoms with Gasteiger partial charge in [-0.1, -0.05) is 12.1 Å². The summed E-state index contributed by atoms with van der Waals surface area (Å²) in [6.45, 7) is 0.635. The van der Waals surface area contributed by atoms with Gasteiger partial charge in [0, 0.05) is 30.9 Å². The second kappa shape index (κ2) is 7.49. The number of hydrogen-bond donors (Lipinski definition) is 1. The fraction of sp³-hybridized carbons (Fsp3) is 0.150. The summed E-state index contributed by atoms with van der Waals surface area (Å²) in [6.07, 6.45) is 5.35. The summed E-state index contributed by atoms with van der Waals surface area (Å²) in [5.74, 6) is -0.0543. The van der Waals surface area contributed by atoms with Gasteiger partial charge in [0.05, 0.1) is 20.9 Å². The Morgan fingerprint density at radius 2 is 1.92 bits per heavy atom. The fourth-order valence-electron chi connectivity index (χ4n) is 2.76. The molecule has 130 valence electrons. The number of rotatable bonds is 6. The summed E-state index contributed by atoms with van der Waals surface area (Å²) in [5.41, 5.74) is 2.64. The standard InChI is InChI=1S/C20H18N4OS/c25-20(15-8-10-16(11-9-15)24-14-4-13-22-24)21-12-3-7-19-23-17-5-1-2-6-18(17)26-19/h1-2,4-6,8-11,13-14H,3,7,12H2,(H,21,25). The first kappa shape index (κ1) is 16.5. The van der Waals surface area contributed by atoms with E-state index in [4.69, 9.17) is 0 Å². The molecular formula is C20H18N4OS. The second-order valence-corrected chi connectivity index (χ2v) is 7.05. The Hall–Kier alpha value is -2.99. The number of amides is 1. The number of thiazole rings is 1. The lowest BCUT2D eigenvalue weighted by Gasteiger charge is -2.06. The molecule has 4 rings (SSSR count). The maximum atomic E-state index is 12.2. The molecule has 0 fully saturated rings. The van der Waals surface area contributed by atoms with Gasteiger partial charge in [-0.15, -0.1) is 11.3 Å². The first-order valence-electron chi connectivity index (χ1n) is 8.52. The lowest BCUT2D eigenvalue weighted by atomic mass is 10.2. The third-order valence-electron chi connectivity index (χ3n) is 4.09. The summed E-state index contributed by atoms with van der Waals surface area (Å²) in [6, 6.07) is 17.4. The molecule has 0 saturated carbocycles. The van der Waals surface area contributed by atoms with Gasteiger partial charge in [0.25, 0.3) is 5.91 Å². The molecule has 5 nitrogen and oxygen atoms in total. The van der Waals surface area contributed by atoms with Gasteiger partial charge in [-0.3, -0.25) is 4.79 Å². The van der Waals surface area contributed by atoms with Crippen molar-refractivity contribution in [2.45, 2.75) is 12.8 Å². The molecule has 0 saturated heterocycles. The molecule has 1 amide bonds. The van der Waals surface area contributed by atoms with Crippen molar-refractivity contribution in [3.05, 3.63) is 77.6 Å². The number of para-hydroxylation sites is 1. The SMILES string of the molecule is O=C(NCCCc1nc2ccccc2s1)c1ccc(-n2cccn2)cc1. The Kier molecular flexibility index (Phi) is 4.75. The van der Waals surface area contributed by atoms with Gasteiger partial charge in [-0.25, -0.2) is 9.67 Å². The normalized spacial score (nSPS) is 10.9. The summed E-state index contributed by atoms with van der Waals surface area (Å²) in [5, 5.41) is 8.26.